The largest absolute Gasteiger partial charge is 0.490 e. The molecule has 0 saturated carbocycles. The third-order valence-corrected chi connectivity index (χ3v) is 2.58. The fourth-order valence-corrected chi connectivity index (χ4v) is 1.68. The van der Waals surface area contributed by atoms with Crippen LogP contribution in [0.4, 0.5) is 0 Å². The highest BCUT2D eigenvalue weighted by Gasteiger charge is 2.02. The van der Waals surface area contributed by atoms with Crippen molar-refractivity contribution in [3.05, 3.63) is 24.3 Å². The monoisotopic (exact) mass is 251 g/mol. The van der Waals surface area contributed by atoms with Gasteiger partial charge in [0.2, 0.25) is 0 Å². The topological polar surface area (TPSA) is 30.5 Å². The minimum atomic E-state index is 0.668. The van der Waals surface area contributed by atoms with Crippen LogP contribution in [0.25, 0.3) is 0 Å². The van der Waals surface area contributed by atoms with E-state index in [1.54, 1.807) is 0 Å². The van der Waals surface area contributed by atoms with Crippen LogP contribution in [-0.4, -0.2) is 26.3 Å². The van der Waals surface area contributed by atoms with Gasteiger partial charge in [0.15, 0.2) is 11.5 Å². The molecule has 0 atom stereocenters. The summed E-state index contributed by atoms with van der Waals surface area (Å²) in [4.78, 5) is 0. The van der Waals surface area contributed by atoms with Crippen molar-refractivity contribution in [2.24, 2.45) is 0 Å². The molecule has 0 heterocycles. The summed E-state index contributed by atoms with van der Waals surface area (Å²) in [6.45, 7) is 7.76. The zero-order valence-corrected chi connectivity index (χ0v) is 11.6. The number of nitrogens with one attached hydrogen (secondary N) is 1. The zero-order valence-electron chi connectivity index (χ0n) is 11.6. The Morgan fingerprint density at radius 1 is 0.944 bits per heavy atom. The molecule has 1 aromatic carbocycles. The Balaban J connectivity index is 2.18. The van der Waals surface area contributed by atoms with Gasteiger partial charge in [-0.3, -0.25) is 0 Å². The smallest absolute Gasteiger partial charge is 0.161 e. The number of hydrogen-bond donors (Lipinski definition) is 1. The van der Waals surface area contributed by atoms with E-state index in [-0.39, 0.29) is 0 Å². The Labute approximate surface area is 110 Å². The van der Waals surface area contributed by atoms with Gasteiger partial charge in [0.05, 0.1) is 13.2 Å². The van der Waals surface area contributed by atoms with Crippen molar-refractivity contribution in [3.63, 3.8) is 0 Å². The Hall–Kier alpha value is -1.22. The normalized spacial score (nSPS) is 10.3. The predicted molar refractivity (Wildman–Crippen MR) is 75.5 cm³/mol. The molecule has 0 aliphatic rings. The molecule has 3 nitrogen and oxygen atoms in total. The number of hydrogen-bond acceptors (Lipinski definition) is 3. The summed E-state index contributed by atoms with van der Waals surface area (Å²) in [5.74, 6) is 1.69. The van der Waals surface area contributed by atoms with Crippen molar-refractivity contribution >= 4 is 0 Å². The molecule has 3 heteroatoms. The average molecular weight is 251 g/mol. The van der Waals surface area contributed by atoms with E-state index >= 15 is 0 Å². The second-order valence-corrected chi connectivity index (χ2v) is 4.19. The molecule has 0 aliphatic carbocycles. The van der Waals surface area contributed by atoms with Crippen molar-refractivity contribution in [1.82, 2.24) is 5.32 Å². The van der Waals surface area contributed by atoms with Gasteiger partial charge in [-0.15, -0.1) is 0 Å². The highest BCUT2D eigenvalue weighted by Crippen LogP contribution is 2.26. The molecule has 1 rings (SSSR count). The van der Waals surface area contributed by atoms with Crippen LogP contribution in [-0.2, 0) is 0 Å². The Morgan fingerprint density at radius 3 is 2.33 bits per heavy atom. The summed E-state index contributed by atoms with van der Waals surface area (Å²) in [5.41, 5.74) is 0. The van der Waals surface area contributed by atoms with Crippen LogP contribution >= 0.6 is 0 Å². The molecule has 0 bridgehead atoms. The fraction of sp³-hybridized carbons (Fsp3) is 0.600. The van der Waals surface area contributed by atoms with Crippen LogP contribution in [0.15, 0.2) is 24.3 Å². The van der Waals surface area contributed by atoms with E-state index in [4.69, 9.17) is 9.47 Å². The highest BCUT2D eigenvalue weighted by atomic mass is 16.5. The second-order valence-electron chi connectivity index (χ2n) is 4.19. The molecule has 0 saturated heterocycles. The molecule has 0 fully saturated rings. The summed E-state index contributed by atoms with van der Waals surface area (Å²) < 4.78 is 11.3. The molecule has 0 unspecified atom stereocenters. The number of unbranched alkanes of at least 4 members (excludes halogenated alkanes) is 1. The van der Waals surface area contributed by atoms with Crippen LogP contribution in [0.5, 0.6) is 11.5 Å². The molecule has 0 aliphatic heterocycles. The van der Waals surface area contributed by atoms with Gasteiger partial charge in [-0.25, -0.2) is 0 Å². The summed E-state index contributed by atoms with van der Waals surface area (Å²) >= 11 is 0. The van der Waals surface area contributed by atoms with Crippen LogP contribution in [0, 0.1) is 0 Å². The van der Waals surface area contributed by atoms with Gasteiger partial charge >= 0.3 is 0 Å². The van der Waals surface area contributed by atoms with Crippen molar-refractivity contribution in [2.45, 2.75) is 33.1 Å². The quantitative estimate of drug-likeness (QED) is 0.648. The molecular weight excluding hydrogens is 226 g/mol. The summed E-state index contributed by atoms with van der Waals surface area (Å²) in [5, 5.41) is 3.39. The van der Waals surface area contributed by atoms with Crippen molar-refractivity contribution in [2.75, 3.05) is 26.3 Å². The van der Waals surface area contributed by atoms with E-state index in [0.29, 0.717) is 6.61 Å². The molecule has 0 spiro atoms. The van der Waals surface area contributed by atoms with Crippen LogP contribution in [0.3, 0.4) is 0 Å². The lowest BCUT2D eigenvalue weighted by molar-refractivity contribution is 0.271. The van der Waals surface area contributed by atoms with E-state index in [9.17, 15) is 0 Å². The number of para-hydroxylation sites is 2. The molecule has 0 amide bonds. The van der Waals surface area contributed by atoms with Crippen LogP contribution < -0.4 is 14.8 Å². The van der Waals surface area contributed by atoms with Crippen molar-refractivity contribution in [1.29, 1.82) is 0 Å². The van der Waals surface area contributed by atoms with Gasteiger partial charge in [-0.05, 0) is 51.4 Å². The maximum atomic E-state index is 5.74. The zero-order chi connectivity index (χ0) is 13.1. The standard InChI is InChI=1S/C15H25NO2/c1-3-11-16-12-7-8-13-18-15-10-6-5-9-14(15)17-4-2/h5-6,9-10,16H,3-4,7-8,11-13H2,1-2H3. The first-order chi connectivity index (χ1) is 8.88. The summed E-state index contributed by atoms with van der Waals surface area (Å²) in [6.07, 6.45) is 3.41. The Bertz CT molecular complexity index is 315. The minimum absolute atomic E-state index is 0.668. The number of ether oxygens (including phenoxy) is 2. The Morgan fingerprint density at radius 2 is 1.67 bits per heavy atom. The van der Waals surface area contributed by atoms with E-state index < -0.39 is 0 Å². The molecule has 1 aromatic rings. The lowest BCUT2D eigenvalue weighted by Crippen LogP contribution is -2.16. The second kappa shape index (κ2) is 9.77. The molecule has 0 radical (unpaired) electrons. The number of benzene rings is 1. The molecule has 18 heavy (non-hydrogen) atoms. The lowest BCUT2D eigenvalue weighted by atomic mass is 10.3. The number of rotatable bonds is 10. The van der Waals surface area contributed by atoms with Gasteiger partial charge in [0, 0.05) is 0 Å². The van der Waals surface area contributed by atoms with Crippen LogP contribution in [0.1, 0.15) is 33.1 Å². The Kier molecular flexibility index (Phi) is 8.06. The summed E-state index contributed by atoms with van der Waals surface area (Å²) in [7, 11) is 0. The van der Waals surface area contributed by atoms with E-state index in [0.717, 1.165) is 44.0 Å². The first-order valence-electron chi connectivity index (χ1n) is 6.93. The predicted octanol–water partition coefficient (Wildman–Crippen LogP) is 3.24. The SMILES string of the molecule is CCCNCCCCOc1ccccc1OCC. The highest BCUT2D eigenvalue weighted by molar-refractivity contribution is 5.39. The lowest BCUT2D eigenvalue weighted by Gasteiger charge is -2.11. The van der Waals surface area contributed by atoms with Gasteiger partial charge in [0.1, 0.15) is 0 Å². The molecule has 0 aromatic heterocycles. The van der Waals surface area contributed by atoms with E-state index in [1.807, 2.05) is 31.2 Å². The summed E-state index contributed by atoms with van der Waals surface area (Å²) in [6, 6.07) is 7.84. The van der Waals surface area contributed by atoms with Crippen LogP contribution in [0.2, 0.25) is 0 Å². The molecular formula is C15H25NO2. The van der Waals surface area contributed by atoms with Gasteiger partial charge < -0.3 is 14.8 Å². The first kappa shape index (κ1) is 14.8. The fourth-order valence-electron chi connectivity index (χ4n) is 1.68. The maximum absolute atomic E-state index is 5.74. The first-order valence-corrected chi connectivity index (χ1v) is 6.93. The maximum Gasteiger partial charge on any atom is 0.161 e. The van der Waals surface area contributed by atoms with Crippen molar-refractivity contribution < 1.29 is 9.47 Å². The van der Waals surface area contributed by atoms with E-state index in [1.165, 1.54) is 6.42 Å². The third kappa shape index (κ3) is 5.92. The van der Waals surface area contributed by atoms with Gasteiger partial charge in [0.25, 0.3) is 0 Å². The minimum Gasteiger partial charge on any atom is -0.490 e. The van der Waals surface area contributed by atoms with Gasteiger partial charge in [-0.1, -0.05) is 19.1 Å². The van der Waals surface area contributed by atoms with E-state index in [2.05, 4.69) is 12.2 Å². The molecule has 1 N–H and O–H groups in total. The average Bonchev–Trinajstić information content (AvgIpc) is 2.40. The molecule has 102 valence electrons. The van der Waals surface area contributed by atoms with Gasteiger partial charge in [-0.2, -0.15) is 0 Å². The van der Waals surface area contributed by atoms with Crippen molar-refractivity contribution in [3.8, 4) is 11.5 Å². The third-order valence-electron chi connectivity index (χ3n) is 2.58.